The maximum Gasteiger partial charge on any atom is 0.0655 e. The smallest absolute Gasteiger partial charge is 0.0655 e. The molecule has 9 aromatic rings. The first-order chi connectivity index (χ1) is 30.6. The molecule has 2 atom stereocenters. The van der Waals surface area contributed by atoms with Crippen LogP contribution in [0.15, 0.2) is 220 Å². The van der Waals surface area contributed by atoms with Crippen LogP contribution in [-0.2, 0) is 5.41 Å². The Hall–Kier alpha value is -7.62. The Labute approximate surface area is 362 Å². The molecule has 8 aromatic carbocycles. The predicted molar refractivity (Wildman–Crippen MR) is 262 cm³/mol. The van der Waals surface area contributed by atoms with Crippen LogP contribution in [0.3, 0.4) is 0 Å². The normalized spacial score (nSPS) is 16.4. The highest BCUT2D eigenvalue weighted by molar-refractivity contribution is 6.12. The van der Waals surface area contributed by atoms with Crippen LogP contribution in [0, 0.1) is 0 Å². The molecule has 2 unspecified atom stereocenters. The molecular weight excluding hydrogens is 751 g/mol. The van der Waals surface area contributed by atoms with E-state index in [0.29, 0.717) is 0 Å². The summed E-state index contributed by atoms with van der Waals surface area (Å²) in [5, 5.41) is 8.61. The average molecular weight is 796 g/mol. The van der Waals surface area contributed by atoms with E-state index in [0.717, 1.165) is 41.3 Å². The summed E-state index contributed by atoms with van der Waals surface area (Å²) in [6.45, 7) is 13.4. The lowest BCUT2D eigenvalue weighted by Crippen LogP contribution is -2.28. The van der Waals surface area contributed by atoms with Crippen molar-refractivity contribution in [3.8, 4) is 16.8 Å². The van der Waals surface area contributed by atoms with E-state index in [9.17, 15) is 0 Å². The van der Waals surface area contributed by atoms with Gasteiger partial charge in [-0.3, -0.25) is 0 Å². The van der Waals surface area contributed by atoms with Gasteiger partial charge in [0.1, 0.15) is 0 Å². The lowest BCUT2D eigenvalue weighted by atomic mass is 9.74. The molecule has 12 rings (SSSR count). The monoisotopic (exact) mass is 795 g/mol. The molecule has 3 nitrogen and oxygen atoms in total. The number of fused-ring (bicyclic) bond motifs is 10. The Morgan fingerprint density at radius 2 is 1.26 bits per heavy atom. The zero-order valence-corrected chi connectivity index (χ0v) is 34.6. The SMILES string of the molecule is C=CC1Nc2cccc3c(N(C(=C)CCC4=CC5(c6ccccc64)c4ccccc4-c4ccccc45)c4ccc5c(c4)c4ccccc4n5-c4ccccc4)ccc(c23)C1C=C. The van der Waals surface area contributed by atoms with Gasteiger partial charge in [0, 0.05) is 50.2 Å². The number of aromatic nitrogens is 1. The van der Waals surface area contributed by atoms with E-state index < -0.39 is 0 Å². The summed E-state index contributed by atoms with van der Waals surface area (Å²) < 4.78 is 2.38. The highest BCUT2D eigenvalue weighted by atomic mass is 15.1. The first-order valence-corrected chi connectivity index (χ1v) is 21.7. The Bertz CT molecular complexity index is 3320. The fourth-order valence-electron chi connectivity index (χ4n) is 11.2. The van der Waals surface area contributed by atoms with Crippen LogP contribution < -0.4 is 10.2 Å². The number of anilines is 3. The van der Waals surface area contributed by atoms with Crippen molar-refractivity contribution < 1.29 is 0 Å². The van der Waals surface area contributed by atoms with Crippen molar-refractivity contribution in [2.75, 3.05) is 10.2 Å². The molecule has 2 heterocycles. The van der Waals surface area contributed by atoms with Gasteiger partial charge in [0.15, 0.2) is 0 Å². The van der Waals surface area contributed by atoms with Gasteiger partial charge >= 0.3 is 0 Å². The number of allylic oxidation sites excluding steroid dienone is 3. The molecular formula is C59H45N3. The summed E-state index contributed by atoms with van der Waals surface area (Å²) in [4.78, 5) is 2.43. The lowest BCUT2D eigenvalue weighted by molar-refractivity contribution is 0.762. The van der Waals surface area contributed by atoms with Gasteiger partial charge < -0.3 is 14.8 Å². The number of hydrogen-bond acceptors (Lipinski definition) is 2. The highest BCUT2D eigenvalue weighted by Crippen LogP contribution is 2.59. The van der Waals surface area contributed by atoms with Crippen molar-refractivity contribution in [3.63, 3.8) is 0 Å². The fourth-order valence-corrected chi connectivity index (χ4v) is 11.2. The molecule has 0 fully saturated rings. The molecule has 2 aliphatic carbocycles. The third-order valence-corrected chi connectivity index (χ3v) is 13.9. The van der Waals surface area contributed by atoms with Crippen LogP contribution in [-0.4, -0.2) is 10.6 Å². The minimum absolute atomic E-state index is 0.0662. The van der Waals surface area contributed by atoms with Gasteiger partial charge in [0.25, 0.3) is 0 Å². The van der Waals surface area contributed by atoms with Crippen molar-refractivity contribution in [3.05, 3.63) is 247 Å². The van der Waals surface area contributed by atoms with Crippen molar-refractivity contribution >= 4 is 55.2 Å². The molecule has 1 N–H and O–H groups in total. The van der Waals surface area contributed by atoms with Gasteiger partial charge in [0.05, 0.1) is 28.2 Å². The first-order valence-electron chi connectivity index (χ1n) is 21.7. The number of benzene rings is 8. The van der Waals surface area contributed by atoms with E-state index in [2.05, 4.69) is 216 Å². The number of rotatable bonds is 9. The summed E-state index contributed by atoms with van der Waals surface area (Å²) in [6, 6.07) is 64.7. The van der Waals surface area contributed by atoms with Gasteiger partial charge in [-0.25, -0.2) is 0 Å². The van der Waals surface area contributed by atoms with Crippen LogP contribution in [0.1, 0.15) is 46.6 Å². The third kappa shape index (κ3) is 5.12. The van der Waals surface area contributed by atoms with Crippen molar-refractivity contribution in [1.82, 2.24) is 4.57 Å². The average Bonchev–Trinajstić information content (AvgIpc) is 3.95. The lowest BCUT2D eigenvalue weighted by Gasteiger charge is -2.34. The largest absolute Gasteiger partial charge is 0.377 e. The molecule has 62 heavy (non-hydrogen) atoms. The van der Waals surface area contributed by atoms with E-state index >= 15 is 0 Å². The second-order valence-electron chi connectivity index (χ2n) is 17.0. The molecule has 1 spiro atoms. The van der Waals surface area contributed by atoms with Gasteiger partial charge in [0.2, 0.25) is 0 Å². The zero-order chi connectivity index (χ0) is 41.5. The van der Waals surface area contributed by atoms with Crippen LogP contribution in [0.25, 0.3) is 55.0 Å². The molecule has 0 saturated carbocycles. The molecule has 3 aliphatic rings. The quantitative estimate of drug-likeness (QED) is 0.147. The van der Waals surface area contributed by atoms with Crippen LogP contribution in [0.4, 0.5) is 17.1 Å². The highest BCUT2D eigenvalue weighted by Gasteiger charge is 2.47. The molecule has 0 amide bonds. The minimum Gasteiger partial charge on any atom is -0.377 e. The topological polar surface area (TPSA) is 20.2 Å². The maximum absolute atomic E-state index is 4.97. The van der Waals surface area contributed by atoms with Gasteiger partial charge in [-0.1, -0.05) is 152 Å². The van der Waals surface area contributed by atoms with Crippen LogP contribution in [0.5, 0.6) is 0 Å². The van der Waals surface area contributed by atoms with Gasteiger partial charge in [-0.2, -0.15) is 0 Å². The molecule has 0 radical (unpaired) electrons. The molecule has 3 heteroatoms. The predicted octanol–water partition coefficient (Wildman–Crippen LogP) is 15.0. The Morgan fingerprint density at radius 1 is 0.613 bits per heavy atom. The van der Waals surface area contributed by atoms with Crippen molar-refractivity contribution in [2.45, 2.75) is 30.2 Å². The Balaban J connectivity index is 1.02. The standard InChI is InChI=1S/C59H45N3/c1-4-42-47-33-35-56(48-24-17-28-54(58(47)48)60-53(42)5-2)61(41-32-34-57-49(36-41)46-23-12-16-29-55(46)62(57)40-18-7-6-8-19-40)38(3)30-31-39-37-59(50-25-13-9-20-43(39)50)51-26-14-10-21-44(51)45-22-11-15-27-52(45)59/h4-29,32-37,42,53,60H,1-3,30-31H2. The summed E-state index contributed by atoms with van der Waals surface area (Å²) >= 11 is 0. The first kappa shape index (κ1) is 36.2. The Morgan fingerprint density at radius 3 is 2.00 bits per heavy atom. The summed E-state index contributed by atoms with van der Waals surface area (Å²) in [7, 11) is 0. The zero-order valence-electron chi connectivity index (χ0n) is 34.6. The number of para-hydroxylation sites is 2. The van der Waals surface area contributed by atoms with E-state index in [-0.39, 0.29) is 17.4 Å². The number of nitrogens with zero attached hydrogens (tertiary/aromatic N) is 2. The molecule has 1 aromatic heterocycles. The third-order valence-electron chi connectivity index (χ3n) is 13.9. The van der Waals surface area contributed by atoms with Gasteiger partial charge in [-0.05, 0) is 106 Å². The second-order valence-corrected chi connectivity index (χ2v) is 17.0. The molecule has 1 aliphatic heterocycles. The fraction of sp³-hybridized carbons (Fsp3) is 0.0847. The molecule has 0 saturated heterocycles. The maximum atomic E-state index is 4.97. The molecule has 296 valence electrons. The minimum atomic E-state index is -0.327. The number of nitrogens with one attached hydrogen (secondary N) is 1. The second kappa shape index (κ2) is 14.0. The van der Waals surface area contributed by atoms with Crippen LogP contribution >= 0.6 is 0 Å². The summed E-state index contributed by atoms with van der Waals surface area (Å²) in [6.07, 6.45) is 8.23. The van der Waals surface area contributed by atoms with Gasteiger partial charge in [-0.15, -0.1) is 13.2 Å². The van der Waals surface area contributed by atoms with Crippen molar-refractivity contribution in [1.29, 1.82) is 0 Å². The number of hydrogen-bond donors (Lipinski definition) is 1. The Kier molecular flexibility index (Phi) is 8.17. The summed E-state index contributed by atoms with van der Waals surface area (Å²) in [5.41, 5.74) is 18.2. The van der Waals surface area contributed by atoms with E-state index in [1.54, 1.807) is 0 Å². The van der Waals surface area contributed by atoms with E-state index in [1.165, 1.54) is 77.1 Å². The van der Waals surface area contributed by atoms with E-state index in [1.807, 2.05) is 6.08 Å². The molecule has 0 bridgehead atoms. The van der Waals surface area contributed by atoms with E-state index in [4.69, 9.17) is 6.58 Å². The van der Waals surface area contributed by atoms with Crippen molar-refractivity contribution in [2.24, 2.45) is 0 Å². The van der Waals surface area contributed by atoms with Crippen LogP contribution in [0.2, 0.25) is 0 Å². The summed E-state index contributed by atoms with van der Waals surface area (Å²) in [5.74, 6) is 0.101.